The average Bonchev–Trinajstić information content (AvgIpc) is 2.66. The summed E-state index contributed by atoms with van der Waals surface area (Å²) in [6.07, 6.45) is 8.71. The first kappa shape index (κ1) is 20.4. The fourth-order valence-electron chi connectivity index (χ4n) is 3.50. The van der Waals surface area contributed by atoms with Crippen LogP contribution in [0.15, 0.2) is 24.5 Å². The Hall–Kier alpha value is -1.91. The summed E-state index contributed by atoms with van der Waals surface area (Å²) in [6, 6.07) is 3.98. The second-order valence-corrected chi connectivity index (χ2v) is 7.89. The topological polar surface area (TPSA) is 62.3 Å². The summed E-state index contributed by atoms with van der Waals surface area (Å²) in [5.41, 5.74) is 1.20. The lowest BCUT2D eigenvalue weighted by Gasteiger charge is -2.30. The van der Waals surface area contributed by atoms with Crippen molar-refractivity contribution in [3.8, 4) is 0 Å². The lowest BCUT2D eigenvalue weighted by Crippen LogP contribution is -2.39. The molecule has 1 aliphatic rings. The van der Waals surface area contributed by atoms with Crippen LogP contribution in [0.1, 0.15) is 51.5 Å². The van der Waals surface area contributed by atoms with Crippen molar-refractivity contribution in [2.45, 2.75) is 52.4 Å². The standard InChI is InChI=1S/C21H33N3O2/c1-16(2)8-14-23-20(25)18-4-6-19(7-5-18)21(26)24(3)15-11-17-9-12-22-13-10-17/h9-10,12-13,16,18-19H,4-8,11,14-15H2,1-3H3,(H,23,25). The van der Waals surface area contributed by atoms with Crippen LogP contribution in [-0.4, -0.2) is 41.8 Å². The molecule has 0 spiro atoms. The number of rotatable bonds is 8. The van der Waals surface area contributed by atoms with Gasteiger partial charge in [-0.15, -0.1) is 0 Å². The molecule has 26 heavy (non-hydrogen) atoms. The smallest absolute Gasteiger partial charge is 0.225 e. The Morgan fingerprint density at radius 3 is 2.38 bits per heavy atom. The molecule has 0 radical (unpaired) electrons. The van der Waals surface area contributed by atoms with Crippen LogP contribution in [0.4, 0.5) is 0 Å². The first-order valence-electron chi connectivity index (χ1n) is 9.89. The maximum atomic E-state index is 12.7. The van der Waals surface area contributed by atoms with Gasteiger partial charge in [0.05, 0.1) is 0 Å². The maximum absolute atomic E-state index is 12.7. The van der Waals surface area contributed by atoms with Crippen LogP contribution in [0.3, 0.4) is 0 Å². The summed E-state index contributed by atoms with van der Waals surface area (Å²) in [4.78, 5) is 30.8. The minimum absolute atomic E-state index is 0.0668. The van der Waals surface area contributed by atoms with Crippen molar-refractivity contribution in [2.24, 2.45) is 17.8 Å². The van der Waals surface area contributed by atoms with Crippen molar-refractivity contribution in [1.82, 2.24) is 15.2 Å². The van der Waals surface area contributed by atoms with Crippen LogP contribution in [0.25, 0.3) is 0 Å². The van der Waals surface area contributed by atoms with Crippen molar-refractivity contribution >= 4 is 11.8 Å². The summed E-state index contributed by atoms with van der Waals surface area (Å²) in [5.74, 6) is 1.14. The van der Waals surface area contributed by atoms with E-state index < -0.39 is 0 Å². The molecule has 0 aliphatic heterocycles. The summed E-state index contributed by atoms with van der Waals surface area (Å²) in [5, 5.41) is 3.05. The molecule has 1 aromatic heterocycles. The molecule has 1 N–H and O–H groups in total. The van der Waals surface area contributed by atoms with Gasteiger partial charge in [0.1, 0.15) is 0 Å². The van der Waals surface area contributed by atoms with Crippen molar-refractivity contribution in [3.63, 3.8) is 0 Å². The van der Waals surface area contributed by atoms with Gasteiger partial charge in [0.25, 0.3) is 0 Å². The van der Waals surface area contributed by atoms with E-state index in [1.54, 1.807) is 12.4 Å². The molecule has 1 saturated carbocycles. The van der Waals surface area contributed by atoms with Gasteiger partial charge < -0.3 is 10.2 Å². The number of aromatic nitrogens is 1. The third kappa shape index (κ3) is 6.43. The molecule has 0 unspecified atom stereocenters. The second kappa shape index (κ2) is 10.3. The Kier molecular flexibility index (Phi) is 8.07. The Morgan fingerprint density at radius 1 is 1.15 bits per heavy atom. The Bertz CT molecular complexity index is 566. The van der Waals surface area contributed by atoms with Gasteiger partial charge in [-0.05, 0) is 62.1 Å². The van der Waals surface area contributed by atoms with Crippen molar-refractivity contribution in [2.75, 3.05) is 20.1 Å². The molecule has 1 aliphatic carbocycles. The quantitative estimate of drug-likeness (QED) is 0.776. The van der Waals surface area contributed by atoms with Gasteiger partial charge in [0, 0.05) is 44.4 Å². The molecular formula is C21H33N3O2. The average molecular weight is 360 g/mol. The number of hydrogen-bond acceptors (Lipinski definition) is 3. The predicted molar refractivity (Wildman–Crippen MR) is 103 cm³/mol. The molecule has 1 aromatic rings. The van der Waals surface area contributed by atoms with Crippen molar-refractivity contribution < 1.29 is 9.59 Å². The van der Waals surface area contributed by atoms with Crippen molar-refractivity contribution in [3.05, 3.63) is 30.1 Å². The van der Waals surface area contributed by atoms with E-state index in [4.69, 9.17) is 0 Å². The molecule has 5 nitrogen and oxygen atoms in total. The molecule has 1 heterocycles. The van der Waals surface area contributed by atoms with Gasteiger partial charge in [-0.2, -0.15) is 0 Å². The molecule has 0 bridgehead atoms. The lowest BCUT2D eigenvalue weighted by atomic mass is 9.81. The van der Waals surface area contributed by atoms with Gasteiger partial charge >= 0.3 is 0 Å². The minimum Gasteiger partial charge on any atom is -0.356 e. The Balaban J connectivity index is 1.70. The van der Waals surface area contributed by atoms with E-state index in [1.807, 2.05) is 24.1 Å². The molecule has 144 valence electrons. The largest absolute Gasteiger partial charge is 0.356 e. The number of likely N-dealkylation sites (N-methyl/N-ethyl adjacent to an activating group) is 1. The van der Waals surface area contributed by atoms with Crippen LogP contribution in [0.5, 0.6) is 0 Å². The van der Waals surface area contributed by atoms with Crippen molar-refractivity contribution in [1.29, 1.82) is 0 Å². The highest BCUT2D eigenvalue weighted by Crippen LogP contribution is 2.30. The molecule has 5 heteroatoms. The predicted octanol–water partition coefficient (Wildman–Crippen LogP) is 3.05. The van der Waals surface area contributed by atoms with Gasteiger partial charge in [-0.3, -0.25) is 14.6 Å². The fraction of sp³-hybridized carbons (Fsp3) is 0.667. The second-order valence-electron chi connectivity index (χ2n) is 7.89. The van der Waals surface area contributed by atoms with Crippen LogP contribution < -0.4 is 5.32 Å². The highest BCUT2D eigenvalue weighted by molar-refractivity contribution is 5.81. The number of nitrogens with one attached hydrogen (secondary N) is 1. The van der Waals surface area contributed by atoms with Gasteiger partial charge in [-0.1, -0.05) is 13.8 Å². The molecule has 0 atom stereocenters. The van der Waals surface area contributed by atoms with E-state index in [2.05, 4.69) is 24.1 Å². The number of hydrogen-bond donors (Lipinski definition) is 1. The number of carbonyl (C=O) groups excluding carboxylic acids is 2. The van der Waals surface area contributed by atoms with Crippen LogP contribution in [0.2, 0.25) is 0 Å². The summed E-state index contributed by atoms with van der Waals surface area (Å²) >= 11 is 0. The van der Waals surface area contributed by atoms with Gasteiger partial charge in [0.15, 0.2) is 0 Å². The monoisotopic (exact) mass is 359 g/mol. The number of pyridine rings is 1. The van der Waals surface area contributed by atoms with Crippen LogP contribution in [0, 0.1) is 17.8 Å². The molecule has 0 saturated heterocycles. The summed E-state index contributed by atoms with van der Waals surface area (Å²) in [6.45, 7) is 5.80. The van der Waals surface area contributed by atoms with Gasteiger partial charge in [0.2, 0.25) is 11.8 Å². The van der Waals surface area contributed by atoms with E-state index in [1.165, 1.54) is 5.56 Å². The van der Waals surface area contributed by atoms with Crippen LogP contribution in [-0.2, 0) is 16.0 Å². The highest BCUT2D eigenvalue weighted by atomic mass is 16.2. The van der Waals surface area contributed by atoms with Crippen LogP contribution >= 0.6 is 0 Å². The SMILES string of the molecule is CC(C)CCNC(=O)C1CCC(C(=O)N(C)CCc2ccncc2)CC1. The third-order valence-corrected chi connectivity index (χ3v) is 5.33. The molecule has 1 fully saturated rings. The van der Waals surface area contributed by atoms with E-state index in [0.717, 1.165) is 51.6 Å². The van der Waals surface area contributed by atoms with Gasteiger partial charge in [-0.25, -0.2) is 0 Å². The fourth-order valence-corrected chi connectivity index (χ4v) is 3.50. The summed E-state index contributed by atoms with van der Waals surface area (Å²) in [7, 11) is 1.88. The zero-order valence-electron chi connectivity index (χ0n) is 16.4. The van der Waals surface area contributed by atoms with E-state index in [9.17, 15) is 9.59 Å². The lowest BCUT2D eigenvalue weighted by molar-refractivity contribution is -0.137. The number of carbonyl (C=O) groups is 2. The highest BCUT2D eigenvalue weighted by Gasteiger charge is 2.31. The number of amides is 2. The third-order valence-electron chi connectivity index (χ3n) is 5.33. The zero-order chi connectivity index (χ0) is 18.9. The number of nitrogens with zero attached hydrogens (tertiary/aromatic N) is 2. The van der Waals surface area contributed by atoms with E-state index in [-0.39, 0.29) is 23.7 Å². The molecule has 2 amide bonds. The normalized spacial score (nSPS) is 20.0. The maximum Gasteiger partial charge on any atom is 0.225 e. The Labute approximate surface area is 157 Å². The van der Waals surface area contributed by atoms with E-state index in [0.29, 0.717) is 5.92 Å². The minimum atomic E-state index is 0.0668. The Morgan fingerprint density at radius 2 is 1.77 bits per heavy atom. The first-order chi connectivity index (χ1) is 12.5. The zero-order valence-corrected chi connectivity index (χ0v) is 16.4. The summed E-state index contributed by atoms with van der Waals surface area (Å²) < 4.78 is 0. The van der Waals surface area contributed by atoms with E-state index >= 15 is 0 Å². The first-order valence-corrected chi connectivity index (χ1v) is 9.89. The molecular weight excluding hydrogens is 326 g/mol. The molecule has 0 aromatic carbocycles. The molecule has 2 rings (SSSR count).